The molecule has 100 valence electrons. The average molecular weight is 278 g/mol. The van der Waals surface area contributed by atoms with Crippen molar-refractivity contribution >= 4 is 23.2 Å². The summed E-state index contributed by atoms with van der Waals surface area (Å²) in [5.41, 5.74) is 1.71. The maximum Gasteiger partial charge on any atom is 0.226 e. The monoisotopic (exact) mass is 277 g/mol. The van der Waals surface area contributed by atoms with Gasteiger partial charge in [-0.2, -0.15) is 5.10 Å². The number of amides is 1. The molecule has 0 radical (unpaired) electrons. The van der Waals surface area contributed by atoms with Crippen molar-refractivity contribution in [3.63, 3.8) is 0 Å². The first-order chi connectivity index (χ1) is 9.06. The van der Waals surface area contributed by atoms with Gasteiger partial charge in [-0.25, -0.2) is 0 Å². The molecule has 1 heterocycles. The van der Waals surface area contributed by atoms with Crippen LogP contribution in [0.2, 0.25) is 5.02 Å². The Bertz CT molecular complexity index is 566. The highest BCUT2D eigenvalue weighted by atomic mass is 35.5. The minimum atomic E-state index is -0.0529. The summed E-state index contributed by atoms with van der Waals surface area (Å²) < 4.78 is 1.77. The Labute approximate surface area is 117 Å². The predicted octanol–water partition coefficient (Wildman–Crippen LogP) is 3.43. The van der Waals surface area contributed by atoms with Crippen molar-refractivity contribution in [1.82, 2.24) is 9.78 Å². The Balaban J connectivity index is 1.95. The molecular weight excluding hydrogens is 262 g/mol. The number of hydrogen-bond donors (Lipinski definition) is 1. The molecule has 1 N–H and O–H groups in total. The van der Waals surface area contributed by atoms with E-state index in [1.807, 2.05) is 38.2 Å². The van der Waals surface area contributed by atoms with Gasteiger partial charge in [-0.3, -0.25) is 9.48 Å². The lowest BCUT2D eigenvalue weighted by Crippen LogP contribution is -2.17. The van der Waals surface area contributed by atoms with E-state index in [1.165, 1.54) is 0 Å². The zero-order valence-corrected chi connectivity index (χ0v) is 11.7. The summed E-state index contributed by atoms with van der Waals surface area (Å²) in [7, 11) is 0. The molecule has 2 aromatic rings. The normalized spacial score (nSPS) is 12.2. The largest absolute Gasteiger partial charge is 0.326 e. The number of halogens is 1. The molecule has 0 aliphatic heterocycles. The Morgan fingerprint density at radius 2 is 2.32 bits per heavy atom. The van der Waals surface area contributed by atoms with Gasteiger partial charge in [0.15, 0.2) is 0 Å². The quantitative estimate of drug-likeness (QED) is 0.931. The minimum Gasteiger partial charge on any atom is -0.326 e. The molecule has 1 aromatic heterocycles. The number of nitrogens with zero attached hydrogens (tertiary/aromatic N) is 2. The van der Waals surface area contributed by atoms with Crippen LogP contribution in [-0.4, -0.2) is 15.7 Å². The first-order valence-electron chi connectivity index (χ1n) is 6.11. The molecule has 0 unspecified atom stereocenters. The fraction of sp³-hybridized carbons (Fsp3) is 0.286. The van der Waals surface area contributed by atoms with Crippen LogP contribution in [0.15, 0.2) is 36.7 Å². The van der Waals surface area contributed by atoms with E-state index in [9.17, 15) is 4.79 Å². The summed E-state index contributed by atoms with van der Waals surface area (Å²) in [5.74, 6) is -0.0529. The van der Waals surface area contributed by atoms with Crippen molar-refractivity contribution in [2.75, 3.05) is 5.32 Å². The van der Waals surface area contributed by atoms with Crippen LogP contribution in [0.5, 0.6) is 0 Å². The van der Waals surface area contributed by atoms with Crippen LogP contribution in [0, 0.1) is 6.92 Å². The summed E-state index contributed by atoms with van der Waals surface area (Å²) in [6, 6.07) is 7.35. The average Bonchev–Trinajstić information content (AvgIpc) is 2.87. The molecule has 0 saturated heterocycles. The molecule has 0 fully saturated rings. The number of benzene rings is 1. The lowest BCUT2D eigenvalue weighted by molar-refractivity contribution is -0.116. The van der Waals surface area contributed by atoms with E-state index in [2.05, 4.69) is 10.4 Å². The summed E-state index contributed by atoms with van der Waals surface area (Å²) in [4.78, 5) is 11.9. The summed E-state index contributed by atoms with van der Waals surface area (Å²) in [6.07, 6.45) is 3.92. The van der Waals surface area contributed by atoms with Gasteiger partial charge < -0.3 is 5.32 Å². The second-order valence-corrected chi connectivity index (χ2v) is 4.96. The van der Waals surface area contributed by atoms with E-state index in [0.29, 0.717) is 17.1 Å². The number of aryl methyl sites for hydroxylation is 1. The van der Waals surface area contributed by atoms with Crippen molar-refractivity contribution in [3.05, 3.63) is 47.2 Å². The molecule has 1 atom stereocenters. The van der Waals surface area contributed by atoms with Crippen molar-refractivity contribution < 1.29 is 4.79 Å². The van der Waals surface area contributed by atoms with E-state index in [1.54, 1.807) is 16.9 Å². The Morgan fingerprint density at radius 3 is 2.95 bits per heavy atom. The van der Waals surface area contributed by atoms with Crippen LogP contribution in [0.3, 0.4) is 0 Å². The molecule has 19 heavy (non-hydrogen) atoms. The number of anilines is 1. The van der Waals surface area contributed by atoms with Gasteiger partial charge in [0.25, 0.3) is 0 Å². The van der Waals surface area contributed by atoms with Crippen LogP contribution in [0.4, 0.5) is 5.69 Å². The van der Waals surface area contributed by atoms with E-state index in [-0.39, 0.29) is 11.9 Å². The first kappa shape index (κ1) is 13.6. The Morgan fingerprint density at radius 1 is 1.53 bits per heavy atom. The van der Waals surface area contributed by atoms with Crippen LogP contribution in [0.25, 0.3) is 0 Å². The number of carbonyl (C=O) groups excluding carboxylic acids is 1. The van der Waals surface area contributed by atoms with Gasteiger partial charge in [-0.1, -0.05) is 17.7 Å². The van der Waals surface area contributed by atoms with Crippen molar-refractivity contribution in [1.29, 1.82) is 0 Å². The molecule has 4 nitrogen and oxygen atoms in total. The fourth-order valence-electron chi connectivity index (χ4n) is 1.79. The number of aromatic nitrogens is 2. The van der Waals surface area contributed by atoms with Crippen molar-refractivity contribution in [2.24, 2.45) is 0 Å². The molecule has 1 amide bonds. The molecule has 0 aliphatic carbocycles. The lowest BCUT2D eigenvalue weighted by Gasteiger charge is -2.12. The lowest BCUT2D eigenvalue weighted by atomic mass is 10.2. The highest BCUT2D eigenvalue weighted by Gasteiger charge is 2.11. The maximum absolute atomic E-state index is 11.9. The predicted molar refractivity (Wildman–Crippen MR) is 76.4 cm³/mol. The summed E-state index contributed by atoms with van der Waals surface area (Å²) in [6.45, 7) is 3.88. The molecule has 0 bridgehead atoms. The first-order valence-corrected chi connectivity index (χ1v) is 6.49. The van der Waals surface area contributed by atoms with E-state index in [0.717, 1.165) is 5.56 Å². The summed E-state index contributed by atoms with van der Waals surface area (Å²) in [5, 5.41) is 7.61. The van der Waals surface area contributed by atoms with Crippen LogP contribution in [-0.2, 0) is 4.79 Å². The van der Waals surface area contributed by atoms with Gasteiger partial charge in [0.1, 0.15) is 0 Å². The van der Waals surface area contributed by atoms with Gasteiger partial charge in [0.2, 0.25) is 5.91 Å². The molecular formula is C14H16ClN3O. The van der Waals surface area contributed by atoms with Crippen LogP contribution in [0.1, 0.15) is 24.9 Å². The molecule has 0 saturated carbocycles. The SMILES string of the molecule is Cc1ccc(NC(=O)C[C@H](C)n2cccn2)cc1Cl. The van der Waals surface area contributed by atoms with E-state index >= 15 is 0 Å². The smallest absolute Gasteiger partial charge is 0.226 e. The van der Waals surface area contributed by atoms with Crippen molar-refractivity contribution in [2.45, 2.75) is 26.3 Å². The van der Waals surface area contributed by atoms with Gasteiger partial charge in [-0.15, -0.1) is 0 Å². The number of hydrogen-bond acceptors (Lipinski definition) is 2. The van der Waals surface area contributed by atoms with Crippen molar-refractivity contribution in [3.8, 4) is 0 Å². The zero-order chi connectivity index (χ0) is 13.8. The van der Waals surface area contributed by atoms with Crippen LogP contribution < -0.4 is 5.32 Å². The molecule has 5 heteroatoms. The minimum absolute atomic E-state index is 0.0240. The fourth-order valence-corrected chi connectivity index (χ4v) is 1.97. The van der Waals surface area contributed by atoms with E-state index < -0.39 is 0 Å². The molecule has 0 aliphatic rings. The van der Waals surface area contributed by atoms with Gasteiger partial charge in [-0.05, 0) is 37.6 Å². The van der Waals surface area contributed by atoms with Gasteiger partial charge >= 0.3 is 0 Å². The molecule has 1 aromatic carbocycles. The van der Waals surface area contributed by atoms with Gasteiger partial charge in [0.05, 0.1) is 6.04 Å². The highest BCUT2D eigenvalue weighted by Crippen LogP contribution is 2.20. The Kier molecular flexibility index (Phi) is 4.22. The second-order valence-electron chi connectivity index (χ2n) is 4.55. The standard InChI is InChI=1S/C14H16ClN3O/c1-10-4-5-12(9-13(10)15)17-14(19)8-11(2)18-7-3-6-16-18/h3-7,9,11H,8H2,1-2H3,(H,17,19)/t11-/m0/s1. The van der Waals surface area contributed by atoms with E-state index in [4.69, 9.17) is 11.6 Å². The number of carbonyl (C=O) groups is 1. The summed E-state index contributed by atoms with van der Waals surface area (Å²) >= 11 is 6.02. The number of nitrogens with one attached hydrogen (secondary N) is 1. The maximum atomic E-state index is 11.9. The Hall–Kier alpha value is -1.81. The number of rotatable bonds is 4. The van der Waals surface area contributed by atoms with Crippen LogP contribution >= 0.6 is 11.6 Å². The highest BCUT2D eigenvalue weighted by molar-refractivity contribution is 6.31. The topological polar surface area (TPSA) is 46.9 Å². The van der Waals surface area contributed by atoms with Gasteiger partial charge in [0, 0.05) is 29.5 Å². The third-order valence-electron chi connectivity index (χ3n) is 2.91. The third-order valence-corrected chi connectivity index (χ3v) is 3.32. The zero-order valence-electron chi connectivity index (χ0n) is 10.9. The molecule has 2 rings (SSSR count). The molecule has 0 spiro atoms. The third kappa shape index (κ3) is 3.58. The second kappa shape index (κ2) is 5.89.